The minimum Gasteiger partial charge on any atom is -0.493 e. The van der Waals surface area contributed by atoms with Gasteiger partial charge in [-0.05, 0) is 35.9 Å². The Balaban J connectivity index is 1.66. The molecule has 0 aromatic heterocycles. The standard InChI is InChI=1S/C28H27Cl2N3O5/c1-36-24-14-20(26(34)33-8-10-38-11-9-33)22(15-25(24)37-2)32-28(16-17-4-3-5-18(29)12-17)21-7-6-19(30)13-23(21)31-27(28)35/h3-7,12-15,32H,8-11,16H2,1-2H3,(H,31,35). The number of benzene rings is 3. The summed E-state index contributed by atoms with van der Waals surface area (Å²) in [5.41, 5.74) is 1.64. The number of hydrogen-bond donors (Lipinski definition) is 2. The molecule has 2 heterocycles. The van der Waals surface area contributed by atoms with Gasteiger partial charge in [0.1, 0.15) is 5.54 Å². The van der Waals surface area contributed by atoms with Gasteiger partial charge in [0.2, 0.25) is 0 Å². The summed E-state index contributed by atoms with van der Waals surface area (Å²) >= 11 is 12.5. The van der Waals surface area contributed by atoms with Crippen LogP contribution in [-0.2, 0) is 21.5 Å². The van der Waals surface area contributed by atoms with Crippen LogP contribution in [0.1, 0.15) is 21.5 Å². The van der Waals surface area contributed by atoms with E-state index in [-0.39, 0.29) is 18.2 Å². The normalized spacial score (nSPS) is 18.5. The maximum Gasteiger partial charge on any atom is 0.256 e. The number of hydrogen-bond acceptors (Lipinski definition) is 6. The Bertz CT molecular complexity index is 1390. The van der Waals surface area contributed by atoms with E-state index in [1.54, 1.807) is 35.2 Å². The Morgan fingerprint density at radius 1 is 1.03 bits per heavy atom. The van der Waals surface area contributed by atoms with Gasteiger partial charge in [-0.1, -0.05) is 41.4 Å². The van der Waals surface area contributed by atoms with Gasteiger partial charge in [0.25, 0.3) is 11.8 Å². The third-order valence-electron chi connectivity index (χ3n) is 6.84. The van der Waals surface area contributed by atoms with Crippen molar-refractivity contribution in [3.05, 3.63) is 81.3 Å². The second kappa shape index (κ2) is 10.7. The number of nitrogens with zero attached hydrogens (tertiary/aromatic N) is 1. The van der Waals surface area contributed by atoms with E-state index in [9.17, 15) is 9.59 Å². The van der Waals surface area contributed by atoms with E-state index in [1.807, 2.05) is 24.3 Å². The first-order valence-corrected chi connectivity index (χ1v) is 12.9. The highest BCUT2D eigenvalue weighted by atomic mass is 35.5. The molecule has 1 saturated heterocycles. The van der Waals surface area contributed by atoms with Crippen molar-refractivity contribution in [2.75, 3.05) is 51.2 Å². The van der Waals surface area contributed by atoms with Crippen LogP contribution in [-0.4, -0.2) is 57.2 Å². The summed E-state index contributed by atoms with van der Waals surface area (Å²) in [4.78, 5) is 29.3. The second-order valence-corrected chi connectivity index (χ2v) is 10.0. The molecule has 1 atom stereocenters. The van der Waals surface area contributed by atoms with Crippen molar-refractivity contribution in [1.29, 1.82) is 0 Å². The maximum atomic E-state index is 13.8. The van der Waals surface area contributed by atoms with E-state index in [1.165, 1.54) is 14.2 Å². The molecule has 2 aliphatic rings. The van der Waals surface area contributed by atoms with E-state index in [2.05, 4.69) is 10.6 Å². The number of amides is 2. The summed E-state index contributed by atoms with van der Waals surface area (Å²) < 4.78 is 16.5. The van der Waals surface area contributed by atoms with Crippen molar-refractivity contribution in [2.24, 2.45) is 0 Å². The summed E-state index contributed by atoms with van der Waals surface area (Å²) in [5.74, 6) is 0.335. The lowest BCUT2D eigenvalue weighted by atomic mass is 9.84. The number of carbonyl (C=O) groups excluding carboxylic acids is 2. The molecule has 198 valence electrons. The van der Waals surface area contributed by atoms with Crippen molar-refractivity contribution in [3.8, 4) is 11.5 Å². The molecule has 2 aliphatic heterocycles. The minimum absolute atomic E-state index is 0.204. The third kappa shape index (κ3) is 4.87. The van der Waals surface area contributed by atoms with Gasteiger partial charge in [-0.3, -0.25) is 9.59 Å². The van der Waals surface area contributed by atoms with E-state index in [4.69, 9.17) is 37.4 Å². The molecule has 0 bridgehead atoms. The van der Waals surface area contributed by atoms with Crippen LogP contribution in [0, 0.1) is 0 Å². The lowest BCUT2D eigenvalue weighted by Gasteiger charge is -2.33. The smallest absolute Gasteiger partial charge is 0.256 e. The van der Waals surface area contributed by atoms with Gasteiger partial charge in [0.15, 0.2) is 11.5 Å². The number of anilines is 2. The molecule has 3 aromatic carbocycles. The molecule has 1 fully saturated rings. The van der Waals surface area contributed by atoms with Gasteiger partial charge in [-0.2, -0.15) is 0 Å². The Hall–Kier alpha value is -3.46. The monoisotopic (exact) mass is 555 g/mol. The fraction of sp³-hybridized carbons (Fsp3) is 0.286. The Morgan fingerprint density at radius 3 is 2.45 bits per heavy atom. The van der Waals surface area contributed by atoms with E-state index in [0.717, 1.165) is 5.56 Å². The zero-order chi connectivity index (χ0) is 26.9. The highest BCUT2D eigenvalue weighted by molar-refractivity contribution is 6.31. The summed E-state index contributed by atoms with van der Waals surface area (Å²) in [7, 11) is 3.03. The van der Waals surface area contributed by atoms with Gasteiger partial charge in [0.05, 0.1) is 38.7 Å². The van der Waals surface area contributed by atoms with Gasteiger partial charge < -0.3 is 29.7 Å². The lowest BCUT2D eigenvalue weighted by Crippen LogP contribution is -2.45. The molecule has 10 heteroatoms. The van der Waals surface area contributed by atoms with Crippen molar-refractivity contribution in [1.82, 2.24) is 4.90 Å². The average Bonchev–Trinajstić information content (AvgIpc) is 3.17. The number of fused-ring (bicyclic) bond motifs is 1. The van der Waals surface area contributed by atoms with Crippen molar-refractivity contribution in [2.45, 2.75) is 12.0 Å². The van der Waals surface area contributed by atoms with Crippen molar-refractivity contribution >= 4 is 46.4 Å². The molecule has 0 saturated carbocycles. The van der Waals surface area contributed by atoms with Gasteiger partial charge in [-0.25, -0.2) is 0 Å². The summed E-state index contributed by atoms with van der Waals surface area (Å²) in [6, 6.07) is 15.9. The highest BCUT2D eigenvalue weighted by Gasteiger charge is 2.48. The number of methoxy groups -OCH3 is 2. The van der Waals surface area contributed by atoms with Gasteiger partial charge in [0, 0.05) is 46.9 Å². The molecule has 38 heavy (non-hydrogen) atoms. The Labute approximate surface area is 230 Å². The average molecular weight is 556 g/mol. The van der Waals surface area contributed by atoms with E-state index >= 15 is 0 Å². The third-order valence-corrected chi connectivity index (χ3v) is 7.31. The van der Waals surface area contributed by atoms with Crippen LogP contribution in [0.2, 0.25) is 10.0 Å². The number of morpholine rings is 1. The predicted molar refractivity (Wildman–Crippen MR) is 147 cm³/mol. The second-order valence-electron chi connectivity index (χ2n) is 9.14. The zero-order valence-corrected chi connectivity index (χ0v) is 22.5. The van der Waals surface area contributed by atoms with E-state index < -0.39 is 5.54 Å². The van der Waals surface area contributed by atoms with Crippen LogP contribution >= 0.6 is 23.2 Å². The molecule has 1 unspecified atom stereocenters. The highest BCUT2D eigenvalue weighted by Crippen LogP contribution is 2.44. The summed E-state index contributed by atoms with van der Waals surface area (Å²) in [5, 5.41) is 7.46. The number of carbonyl (C=O) groups is 2. The first-order chi connectivity index (χ1) is 18.3. The fourth-order valence-electron chi connectivity index (χ4n) is 4.97. The van der Waals surface area contributed by atoms with Crippen LogP contribution < -0.4 is 20.1 Å². The molecule has 2 amide bonds. The Morgan fingerprint density at radius 2 is 1.74 bits per heavy atom. The fourth-order valence-corrected chi connectivity index (χ4v) is 5.35. The molecular formula is C28H27Cl2N3O5. The molecular weight excluding hydrogens is 529 g/mol. The van der Waals surface area contributed by atoms with Gasteiger partial charge >= 0.3 is 0 Å². The largest absolute Gasteiger partial charge is 0.493 e. The van der Waals surface area contributed by atoms with Crippen LogP contribution in [0.25, 0.3) is 0 Å². The predicted octanol–water partition coefficient (Wildman–Crippen LogP) is 4.99. The quantitative estimate of drug-likeness (QED) is 0.427. The summed E-state index contributed by atoms with van der Waals surface area (Å²) in [6.45, 7) is 1.83. The first-order valence-electron chi connectivity index (χ1n) is 12.1. The van der Waals surface area contributed by atoms with E-state index in [0.29, 0.717) is 70.3 Å². The lowest BCUT2D eigenvalue weighted by molar-refractivity contribution is -0.119. The molecule has 0 spiro atoms. The molecule has 3 aromatic rings. The van der Waals surface area contributed by atoms with Crippen molar-refractivity contribution < 1.29 is 23.8 Å². The van der Waals surface area contributed by atoms with Crippen LogP contribution in [0.3, 0.4) is 0 Å². The summed E-state index contributed by atoms with van der Waals surface area (Å²) in [6.07, 6.45) is 0.257. The number of halogens is 2. The topological polar surface area (TPSA) is 89.1 Å². The molecule has 5 rings (SSSR count). The molecule has 0 radical (unpaired) electrons. The number of nitrogens with one attached hydrogen (secondary N) is 2. The molecule has 8 nitrogen and oxygen atoms in total. The SMILES string of the molecule is COc1cc(NC2(Cc3cccc(Cl)c3)C(=O)Nc3cc(Cl)ccc32)c(C(=O)N2CCOCC2)cc1OC. The molecule has 2 N–H and O–H groups in total. The van der Waals surface area contributed by atoms with Crippen LogP contribution in [0.15, 0.2) is 54.6 Å². The maximum absolute atomic E-state index is 13.8. The zero-order valence-electron chi connectivity index (χ0n) is 21.0. The van der Waals surface area contributed by atoms with Gasteiger partial charge in [-0.15, -0.1) is 0 Å². The molecule has 0 aliphatic carbocycles. The minimum atomic E-state index is -1.27. The van der Waals surface area contributed by atoms with Crippen molar-refractivity contribution in [3.63, 3.8) is 0 Å². The first kappa shape index (κ1) is 26.2. The Kier molecular flexibility index (Phi) is 7.38. The van der Waals surface area contributed by atoms with Crippen LogP contribution in [0.5, 0.6) is 11.5 Å². The number of rotatable bonds is 7. The number of ether oxygens (including phenoxy) is 3. The van der Waals surface area contributed by atoms with Crippen LogP contribution in [0.4, 0.5) is 11.4 Å².